The number of rotatable bonds is 0. The standard InChI is InChI=1S/C9H17N3O/c1-11-4-2-7-3-5-12(9(10)13)8(7)6-11/h7-8H,2-6H2,1H3,(H2,10,13). The highest BCUT2D eigenvalue weighted by molar-refractivity contribution is 5.72. The second-order valence-corrected chi connectivity index (χ2v) is 4.20. The number of primary amides is 1. The third-order valence-corrected chi connectivity index (χ3v) is 3.35. The molecule has 0 aromatic rings. The number of nitrogens with zero attached hydrogens (tertiary/aromatic N) is 2. The summed E-state index contributed by atoms with van der Waals surface area (Å²) in [6, 6.07) is 0.138. The molecule has 0 aromatic carbocycles. The van der Waals surface area contributed by atoms with E-state index in [9.17, 15) is 4.79 Å². The van der Waals surface area contributed by atoms with E-state index in [0.29, 0.717) is 12.0 Å². The van der Waals surface area contributed by atoms with Crippen molar-refractivity contribution in [1.29, 1.82) is 0 Å². The van der Waals surface area contributed by atoms with Gasteiger partial charge in [0.1, 0.15) is 0 Å². The van der Waals surface area contributed by atoms with Crippen molar-refractivity contribution in [3.63, 3.8) is 0 Å². The smallest absolute Gasteiger partial charge is 0.315 e. The fraction of sp³-hybridized carbons (Fsp3) is 0.889. The Balaban J connectivity index is 2.06. The lowest BCUT2D eigenvalue weighted by Crippen LogP contribution is -2.50. The summed E-state index contributed by atoms with van der Waals surface area (Å²) in [5.74, 6) is 0.698. The summed E-state index contributed by atoms with van der Waals surface area (Å²) in [6.07, 6.45) is 2.35. The molecule has 4 heteroatoms. The Labute approximate surface area is 78.7 Å². The van der Waals surface area contributed by atoms with Gasteiger partial charge < -0.3 is 15.5 Å². The number of likely N-dealkylation sites (tertiary alicyclic amines) is 2. The van der Waals surface area contributed by atoms with Crippen LogP contribution in [0.15, 0.2) is 0 Å². The number of fused-ring (bicyclic) bond motifs is 1. The quantitative estimate of drug-likeness (QED) is 0.578. The minimum atomic E-state index is -0.247. The summed E-state index contributed by atoms with van der Waals surface area (Å²) in [5, 5.41) is 0. The number of carbonyl (C=O) groups is 1. The molecule has 13 heavy (non-hydrogen) atoms. The van der Waals surface area contributed by atoms with Gasteiger partial charge in [-0.1, -0.05) is 0 Å². The largest absolute Gasteiger partial charge is 0.351 e. The molecule has 2 heterocycles. The van der Waals surface area contributed by atoms with Crippen LogP contribution in [0, 0.1) is 5.92 Å². The average molecular weight is 183 g/mol. The van der Waals surface area contributed by atoms with Crippen LogP contribution in [0.5, 0.6) is 0 Å². The second kappa shape index (κ2) is 3.18. The number of piperidine rings is 1. The van der Waals surface area contributed by atoms with E-state index in [0.717, 1.165) is 26.1 Å². The maximum Gasteiger partial charge on any atom is 0.315 e. The molecule has 0 spiro atoms. The molecule has 0 aliphatic carbocycles. The fourth-order valence-corrected chi connectivity index (χ4v) is 2.57. The van der Waals surface area contributed by atoms with E-state index in [4.69, 9.17) is 5.73 Å². The second-order valence-electron chi connectivity index (χ2n) is 4.20. The van der Waals surface area contributed by atoms with Gasteiger partial charge in [-0.15, -0.1) is 0 Å². The first-order chi connectivity index (χ1) is 6.18. The lowest BCUT2D eigenvalue weighted by atomic mass is 9.92. The molecule has 0 radical (unpaired) electrons. The fourth-order valence-electron chi connectivity index (χ4n) is 2.57. The molecule has 2 saturated heterocycles. The van der Waals surface area contributed by atoms with Crippen LogP contribution < -0.4 is 5.73 Å². The number of likely N-dealkylation sites (N-methyl/N-ethyl adjacent to an activating group) is 1. The van der Waals surface area contributed by atoms with Gasteiger partial charge in [0.15, 0.2) is 0 Å². The molecule has 2 atom stereocenters. The van der Waals surface area contributed by atoms with Crippen LogP contribution in [-0.2, 0) is 0 Å². The number of hydrogen-bond acceptors (Lipinski definition) is 2. The van der Waals surface area contributed by atoms with Crippen molar-refractivity contribution >= 4 is 6.03 Å². The van der Waals surface area contributed by atoms with Crippen LogP contribution in [0.25, 0.3) is 0 Å². The Morgan fingerprint density at radius 2 is 2.08 bits per heavy atom. The molecular formula is C9H17N3O. The minimum Gasteiger partial charge on any atom is -0.351 e. The molecule has 0 aromatic heterocycles. The monoisotopic (exact) mass is 183 g/mol. The van der Waals surface area contributed by atoms with E-state index in [-0.39, 0.29) is 6.03 Å². The molecule has 0 saturated carbocycles. The maximum absolute atomic E-state index is 11.1. The van der Waals surface area contributed by atoms with Gasteiger partial charge in [-0.05, 0) is 32.4 Å². The van der Waals surface area contributed by atoms with Crippen LogP contribution in [0.1, 0.15) is 12.8 Å². The highest BCUT2D eigenvalue weighted by Gasteiger charge is 2.38. The van der Waals surface area contributed by atoms with Gasteiger partial charge in [0, 0.05) is 19.1 Å². The van der Waals surface area contributed by atoms with Gasteiger partial charge in [0.05, 0.1) is 0 Å². The average Bonchev–Trinajstić information content (AvgIpc) is 2.46. The minimum absolute atomic E-state index is 0.247. The molecule has 2 unspecified atom stereocenters. The predicted molar refractivity (Wildman–Crippen MR) is 50.3 cm³/mol. The molecule has 2 N–H and O–H groups in total. The van der Waals surface area contributed by atoms with Crippen molar-refractivity contribution in [2.24, 2.45) is 11.7 Å². The number of nitrogens with two attached hydrogens (primary N) is 1. The van der Waals surface area contributed by atoms with Gasteiger partial charge in [0.2, 0.25) is 0 Å². The zero-order valence-electron chi connectivity index (χ0n) is 8.07. The first-order valence-corrected chi connectivity index (χ1v) is 4.93. The number of carbonyl (C=O) groups excluding carboxylic acids is 1. The van der Waals surface area contributed by atoms with E-state index in [1.165, 1.54) is 6.42 Å². The van der Waals surface area contributed by atoms with Gasteiger partial charge >= 0.3 is 6.03 Å². The van der Waals surface area contributed by atoms with Crippen LogP contribution in [0.4, 0.5) is 4.79 Å². The van der Waals surface area contributed by atoms with Crippen molar-refractivity contribution < 1.29 is 4.79 Å². The Hall–Kier alpha value is -0.770. The molecule has 0 bridgehead atoms. The molecule has 2 fully saturated rings. The Morgan fingerprint density at radius 3 is 2.77 bits per heavy atom. The highest BCUT2D eigenvalue weighted by Crippen LogP contribution is 2.30. The SMILES string of the molecule is CN1CCC2CCN(C(N)=O)C2C1. The molecule has 2 amide bonds. The molecule has 2 aliphatic heterocycles. The van der Waals surface area contributed by atoms with Crippen molar-refractivity contribution in [2.45, 2.75) is 18.9 Å². The zero-order chi connectivity index (χ0) is 9.42. The van der Waals surface area contributed by atoms with E-state index in [1.54, 1.807) is 0 Å². The Bertz CT molecular complexity index is 219. The third kappa shape index (κ3) is 1.50. The summed E-state index contributed by atoms with van der Waals surface area (Å²) in [5.41, 5.74) is 5.32. The Kier molecular flexibility index (Phi) is 2.15. The molecule has 4 nitrogen and oxygen atoms in total. The van der Waals surface area contributed by atoms with Crippen molar-refractivity contribution in [1.82, 2.24) is 9.80 Å². The van der Waals surface area contributed by atoms with E-state index >= 15 is 0 Å². The first-order valence-electron chi connectivity index (χ1n) is 4.93. The summed E-state index contributed by atoms with van der Waals surface area (Å²) in [4.78, 5) is 15.2. The van der Waals surface area contributed by atoms with Crippen LogP contribution in [0.3, 0.4) is 0 Å². The van der Waals surface area contributed by atoms with Crippen LogP contribution in [-0.4, -0.2) is 48.6 Å². The molecule has 2 rings (SSSR count). The molecule has 2 aliphatic rings. The van der Waals surface area contributed by atoms with Crippen LogP contribution >= 0.6 is 0 Å². The summed E-state index contributed by atoms with van der Waals surface area (Å²) >= 11 is 0. The van der Waals surface area contributed by atoms with Gasteiger partial charge in [-0.2, -0.15) is 0 Å². The summed E-state index contributed by atoms with van der Waals surface area (Å²) in [6.45, 7) is 3.01. The highest BCUT2D eigenvalue weighted by atomic mass is 16.2. The summed E-state index contributed by atoms with van der Waals surface area (Å²) < 4.78 is 0. The van der Waals surface area contributed by atoms with Gasteiger partial charge in [-0.25, -0.2) is 4.79 Å². The lowest BCUT2D eigenvalue weighted by Gasteiger charge is -2.35. The van der Waals surface area contributed by atoms with E-state index < -0.39 is 0 Å². The first kappa shape index (κ1) is 8.81. The van der Waals surface area contributed by atoms with Gasteiger partial charge in [0.25, 0.3) is 0 Å². The van der Waals surface area contributed by atoms with E-state index in [2.05, 4.69) is 11.9 Å². The number of hydrogen-bond donors (Lipinski definition) is 1. The molecular weight excluding hydrogens is 166 g/mol. The van der Waals surface area contributed by atoms with Crippen LogP contribution in [0.2, 0.25) is 0 Å². The van der Waals surface area contributed by atoms with Crippen molar-refractivity contribution in [3.8, 4) is 0 Å². The number of urea groups is 1. The lowest BCUT2D eigenvalue weighted by molar-refractivity contribution is 0.135. The van der Waals surface area contributed by atoms with Crippen molar-refractivity contribution in [2.75, 3.05) is 26.7 Å². The third-order valence-electron chi connectivity index (χ3n) is 3.35. The summed E-state index contributed by atoms with van der Waals surface area (Å²) in [7, 11) is 2.10. The number of amides is 2. The van der Waals surface area contributed by atoms with Crippen molar-refractivity contribution in [3.05, 3.63) is 0 Å². The maximum atomic E-state index is 11.1. The predicted octanol–water partition coefficient (Wildman–Crippen LogP) is 0.0911. The van der Waals surface area contributed by atoms with E-state index in [1.807, 2.05) is 4.90 Å². The topological polar surface area (TPSA) is 49.6 Å². The molecule has 74 valence electrons. The zero-order valence-corrected chi connectivity index (χ0v) is 8.07. The normalized spacial score (nSPS) is 34.7. The Morgan fingerprint density at radius 1 is 1.38 bits per heavy atom. The van der Waals surface area contributed by atoms with Gasteiger partial charge in [-0.3, -0.25) is 0 Å².